The van der Waals surface area contributed by atoms with Crippen LogP contribution in [0.2, 0.25) is 0 Å². The van der Waals surface area contributed by atoms with Gasteiger partial charge in [-0.15, -0.1) is 0 Å². The number of piperidine rings is 1. The minimum absolute atomic E-state index is 0.135. The second-order valence-electron chi connectivity index (χ2n) is 6.96. The Balaban J connectivity index is 1.41. The number of aromatic nitrogens is 4. The third-order valence-corrected chi connectivity index (χ3v) is 4.88. The molecule has 0 N–H and O–H groups in total. The molecule has 25 heavy (non-hydrogen) atoms. The van der Waals surface area contributed by atoms with Crippen molar-refractivity contribution in [3.8, 4) is 0 Å². The Kier molecular flexibility index (Phi) is 4.10. The first-order chi connectivity index (χ1) is 12.1. The molecule has 8 heteroatoms. The van der Waals surface area contributed by atoms with Crippen LogP contribution in [0.25, 0.3) is 0 Å². The monoisotopic (exact) mass is 343 g/mol. The fraction of sp³-hybridized carbons (Fsp3) is 0.588. The standard InChI is InChI=1S/C17H21N5O3/c1-21-15(23)7-6-13(19-21)17(24)22-8-2-3-11(10-22)9-14-18-16(20-25-14)12-4-5-12/h6-7,11-12H,2-5,8-10H2,1H3/t11-/m1/s1. The smallest absolute Gasteiger partial charge is 0.274 e. The van der Waals surface area contributed by atoms with Gasteiger partial charge in [-0.05, 0) is 37.7 Å². The number of carbonyl (C=O) groups is 1. The van der Waals surface area contributed by atoms with Crippen LogP contribution in [0.3, 0.4) is 0 Å². The van der Waals surface area contributed by atoms with Crippen LogP contribution >= 0.6 is 0 Å². The van der Waals surface area contributed by atoms with Gasteiger partial charge in [-0.25, -0.2) is 4.68 Å². The van der Waals surface area contributed by atoms with Crippen LogP contribution in [-0.4, -0.2) is 43.8 Å². The van der Waals surface area contributed by atoms with E-state index in [0.29, 0.717) is 42.9 Å². The van der Waals surface area contributed by atoms with Crippen LogP contribution in [0.4, 0.5) is 0 Å². The average molecular weight is 343 g/mol. The number of hydrogen-bond donors (Lipinski definition) is 0. The second kappa shape index (κ2) is 6.42. The Labute approximate surface area is 144 Å². The van der Waals surface area contributed by atoms with Crippen LogP contribution in [0, 0.1) is 5.92 Å². The molecule has 4 rings (SSSR count). The summed E-state index contributed by atoms with van der Waals surface area (Å²) in [5.41, 5.74) is 0.0764. The number of amides is 1. The lowest BCUT2D eigenvalue weighted by Crippen LogP contribution is -2.41. The van der Waals surface area contributed by atoms with Gasteiger partial charge < -0.3 is 9.42 Å². The Morgan fingerprint density at radius 1 is 1.32 bits per heavy atom. The average Bonchev–Trinajstić information content (AvgIpc) is 3.37. The fourth-order valence-corrected chi connectivity index (χ4v) is 3.30. The van der Waals surface area contributed by atoms with Gasteiger partial charge in [0.25, 0.3) is 11.5 Å². The van der Waals surface area contributed by atoms with Crippen LogP contribution in [-0.2, 0) is 13.5 Å². The zero-order valence-electron chi connectivity index (χ0n) is 14.2. The van der Waals surface area contributed by atoms with Gasteiger partial charge in [0, 0.05) is 38.5 Å². The predicted molar refractivity (Wildman–Crippen MR) is 88.1 cm³/mol. The summed E-state index contributed by atoms with van der Waals surface area (Å²) < 4.78 is 6.55. The van der Waals surface area contributed by atoms with E-state index in [9.17, 15) is 9.59 Å². The molecule has 1 aliphatic heterocycles. The third-order valence-electron chi connectivity index (χ3n) is 4.88. The SMILES string of the molecule is Cn1nc(C(=O)N2CCC[C@H](Cc3nc(C4CC4)no3)C2)ccc1=O. The summed E-state index contributed by atoms with van der Waals surface area (Å²) in [5, 5.41) is 8.11. The maximum atomic E-state index is 12.7. The van der Waals surface area contributed by atoms with E-state index in [0.717, 1.165) is 31.5 Å². The fourth-order valence-electron chi connectivity index (χ4n) is 3.30. The normalized spacial score (nSPS) is 20.7. The molecule has 8 nitrogen and oxygen atoms in total. The zero-order chi connectivity index (χ0) is 17.4. The van der Waals surface area contributed by atoms with E-state index >= 15 is 0 Å². The van der Waals surface area contributed by atoms with Gasteiger partial charge in [-0.3, -0.25) is 9.59 Å². The molecular weight excluding hydrogens is 322 g/mol. The lowest BCUT2D eigenvalue weighted by molar-refractivity contribution is 0.0659. The van der Waals surface area contributed by atoms with Gasteiger partial charge in [-0.1, -0.05) is 5.16 Å². The highest BCUT2D eigenvalue weighted by Crippen LogP contribution is 2.38. The molecule has 0 spiro atoms. The van der Waals surface area contributed by atoms with Gasteiger partial charge >= 0.3 is 0 Å². The van der Waals surface area contributed by atoms with Gasteiger partial charge in [0.05, 0.1) is 0 Å². The van der Waals surface area contributed by atoms with E-state index < -0.39 is 0 Å². The number of nitrogens with zero attached hydrogens (tertiary/aromatic N) is 5. The first kappa shape index (κ1) is 16.0. The number of carbonyl (C=O) groups excluding carboxylic acids is 1. The summed E-state index contributed by atoms with van der Waals surface area (Å²) in [6.45, 7) is 1.35. The summed E-state index contributed by atoms with van der Waals surface area (Å²) >= 11 is 0. The summed E-state index contributed by atoms with van der Waals surface area (Å²) in [6.07, 6.45) is 4.97. The molecule has 1 amide bonds. The first-order valence-electron chi connectivity index (χ1n) is 8.76. The number of hydrogen-bond acceptors (Lipinski definition) is 6. The first-order valence-corrected chi connectivity index (χ1v) is 8.76. The van der Waals surface area contributed by atoms with Crippen LogP contribution < -0.4 is 5.56 Å². The molecule has 1 atom stereocenters. The quantitative estimate of drug-likeness (QED) is 0.826. The third kappa shape index (κ3) is 3.47. The van der Waals surface area contributed by atoms with E-state index in [1.165, 1.54) is 16.8 Å². The van der Waals surface area contributed by atoms with Gasteiger partial charge in [0.2, 0.25) is 5.89 Å². The molecule has 1 saturated carbocycles. The van der Waals surface area contributed by atoms with E-state index in [4.69, 9.17) is 4.52 Å². The van der Waals surface area contributed by atoms with Gasteiger partial charge in [0.1, 0.15) is 5.69 Å². The minimum Gasteiger partial charge on any atom is -0.339 e. The lowest BCUT2D eigenvalue weighted by Gasteiger charge is -2.32. The zero-order valence-corrected chi connectivity index (χ0v) is 14.2. The van der Waals surface area contributed by atoms with Crippen molar-refractivity contribution in [3.63, 3.8) is 0 Å². The summed E-state index contributed by atoms with van der Waals surface area (Å²) in [4.78, 5) is 30.4. The van der Waals surface area contributed by atoms with Crippen LogP contribution in [0.1, 0.15) is 53.8 Å². The van der Waals surface area contributed by atoms with Crippen LogP contribution in [0.5, 0.6) is 0 Å². The van der Waals surface area contributed by atoms with E-state index in [-0.39, 0.29) is 11.5 Å². The molecule has 0 aromatic carbocycles. The molecule has 2 aromatic rings. The Morgan fingerprint density at radius 3 is 2.92 bits per heavy atom. The molecule has 0 bridgehead atoms. The van der Waals surface area contributed by atoms with Gasteiger partial charge in [0.15, 0.2) is 5.82 Å². The molecule has 2 aliphatic rings. The topological polar surface area (TPSA) is 94.1 Å². The summed E-state index contributed by atoms with van der Waals surface area (Å²) in [5.74, 6) is 2.15. The second-order valence-corrected chi connectivity index (χ2v) is 6.96. The van der Waals surface area contributed by atoms with Crippen molar-refractivity contribution >= 4 is 5.91 Å². The molecule has 0 radical (unpaired) electrons. The Morgan fingerprint density at radius 2 is 2.16 bits per heavy atom. The molecule has 2 aromatic heterocycles. The number of rotatable bonds is 4. The van der Waals surface area contributed by atoms with Crippen molar-refractivity contribution in [2.45, 2.75) is 38.0 Å². The maximum absolute atomic E-state index is 12.7. The van der Waals surface area contributed by atoms with Crippen molar-refractivity contribution in [1.29, 1.82) is 0 Å². The van der Waals surface area contributed by atoms with Crippen LogP contribution in [0.15, 0.2) is 21.5 Å². The Hall–Kier alpha value is -2.51. The van der Waals surface area contributed by atoms with Crippen molar-refractivity contribution < 1.29 is 9.32 Å². The van der Waals surface area contributed by atoms with Crippen molar-refractivity contribution in [2.24, 2.45) is 13.0 Å². The molecule has 0 unspecified atom stereocenters. The highest BCUT2D eigenvalue weighted by atomic mass is 16.5. The molecule has 132 valence electrons. The molecule has 1 aliphatic carbocycles. The lowest BCUT2D eigenvalue weighted by atomic mass is 9.94. The summed E-state index contributed by atoms with van der Waals surface area (Å²) in [7, 11) is 1.55. The van der Waals surface area contributed by atoms with Crippen molar-refractivity contribution in [3.05, 3.63) is 39.9 Å². The highest BCUT2D eigenvalue weighted by Gasteiger charge is 2.30. The van der Waals surface area contributed by atoms with E-state index in [1.807, 2.05) is 0 Å². The van der Waals surface area contributed by atoms with E-state index in [2.05, 4.69) is 15.2 Å². The van der Waals surface area contributed by atoms with Crippen molar-refractivity contribution in [2.75, 3.05) is 13.1 Å². The predicted octanol–water partition coefficient (Wildman–Crippen LogP) is 1.14. The van der Waals surface area contributed by atoms with Gasteiger partial charge in [-0.2, -0.15) is 10.1 Å². The minimum atomic E-state index is -0.226. The highest BCUT2D eigenvalue weighted by molar-refractivity contribution is 5.92. The van der Waals surface area contributed by atoms with Crippen molar-refractivity contribution in [1.82, 2.24) is 24.8 Å². The number of aryl methyl sites for hydroxylation is 1. The van der Waals surface area contributed by atoms with E-state index in [1.54, 1.807) is 11.9 Å². The molecule has 3 heterocycles. The Bertz CT molecular complexity index is 839. The maximum Gasteiger partial charge on any atom is 0.274 e. The molecule has 2 fully saturated rings. The summed E-state index contributed by atoms with van der Waals surface area (Å²) in [6, 6.07) is 2.87. The molecule has 1 saturated heterocycles. The molecular formula is C17H21N5O3. The number of likely N-dealkylation sites (tertiary alicyclic amines) is 1. The largest absolute Gasteiger partial charge is 0.339 e.